The first-order valence-electron chi connectivity index (χ1n) is 11.8. The molecular formula is C27H27FN4OS. The van der Waals surface area contributed by atoms with Gasteiger partial charge in [0, 0.05) is 54.2 Å². The zero-order chi connectivity index (χ0) is 23.2. The number of H-pyrrole nitrogens is 1. The molecule has 3 aromatic rings. The maximum Gasteiger partial charge on any atom is 0.147 e. The number of thiophene rings is 1. The third-order valence-electron chi connectivity index (χ3n) is 6.82. The van der Waals surface area contributed by atoms with Crippen LogP contribution in [0.4, 0.5) is 10.1 Å². The number of fused-ring (bicyclic) bond motifs is 4. The van der Waals surface area contributed by atoms with Crippen molar-refractivity contribution in [3.63, 3.8) is 0 Å². The fourth-order valence-electron chi connectivity index (χ4n) is 5.12. The van der Waals surface area contributed by atoms with Crippen LogP contribution in [-0.4, -0.2) is 53.5 Å². The van der Waals surface area contributed by atoms with E-state index in [0.29, 0.717) is 12.6 Å². The highest BCUT2D eigenvalue weighted by Gasteiger charge is 2.31. The molecule has 3 aliphatic rings. The third-order valence-corrected chi connectivity index (χ3v) is 7.67. The number of hydrogen-bond donors (Lipinski definition) is 1. The molecule has 1 N–H and O–H groups in total. The SMILES string of the molecule is CC(C)OCC#Cc1cc(-c2n[nH]c3c2Cc2cc(N4CCN5C=CCC5C4)c(F)cc2-3)cs1. The number of rotatable bonds is 4. The number of nitrogens with zero attached hydrogens (tertiary/aromatic N) is 3. The Morgan fingerprint density at radius 2 is 2.21 bits per heavy atom. The van der Waals surface area contributed by atoms with Gasteiger partial charge >= 0.3 is 0 Å². The molecular weight excluding hydrogens is 447 g/mol. The van der Waals surface area contributed by atoms with Crippen LogP contribution < -0.4 is 4.90 Å². The summed E-state index contributed by atoms with van der Waals surface area (Å²) in [5.74, 6) is 6.10. The Balaban J connectivity index is 1.23. The lowest BCUT2D eigenvalue weighted by Gasteiger charge is -2.39. The highest BCUT2D eigenvalue weighted by molar-refractivity contribution is 7.11. The van der Waals surface area contributed by atoms with Crippen LogP contribution in [0.5, 0.6) is 0 Å². The number of hydrogen-bond acceptors (Lipinski definition) is 5. The minimum Gasteiger partial charge on any atom is -0.371 e. The van der Waals surface area contributed by atoms with E-state index in [2.05, 4.69) is 61.6 Å². The van der Waals surface area contributed by atoms with E-state index in [4.69, 9.17) is 4.74 Å². The Morgan fingerprint density at radius 1 is 1.29 bits per heavy atom. The van der Waals surface area contributed by atoms with Crippen LogP contribution in [0.1, 0.15) is 36.3 Å². The minimum atomic E-state index is -0.154. The predicted octanol–water partition coefficient (Wildman–Crippen LogP) is 5.03. The highest BCUT2D eigenvalue weighted by atomic mass is 32.1. The van der Waals surface area contributed by atoms with Gasteiger partial charge < -0.3 is 14.5 Å². The first-order chi connectivity index (χ1) is 16.6. The summed E-state index contributed by atoms with van der Waals surface area (Å²) in [6.45, 7) is 7.08. The second-order valence-corrected chi connectivity index (χ2v) is 10.3. The lowest BCUT2D eigenvalue weighted by molar-refractivity contribution is 0.107. The summed E-state index contributed by atoms with van der Waals surface area (Å²) in [7, 11) is 0. The lowest BCUT2D eigenvalue weighted by Crippen LogP contribution is -2.49. The summed E-state index contributed by atoms with van der Waals surface area (Å²) in [6, 6.07) is 6.28. The number of aromatic amines is 1. The number of anilines is 1. The second-order valence-electron chi connectivity index (χ2n) is 9.38. The third kappa shape index (κ3) is 3.81. The Kier molecular flexibility index (Phi) is 5.43. The van der Waals surface area contributed by atoms with Crippen molar-refractivity contribution in [3.8, 4) is 34.4 Å². The molecule has 1 atom stereocenters. The lowest BCUT2D eigenvalue weighted by atomic mass is 10.1. The summed E-state index contributed by atoms with van der Waals surface area (Å²) in [6.07, 6.45) is 6.38. The Hall–Kier alpha value is -3.08. The first-order valence-corrected chi connectivity index (χ1v) is 12.7. The van der Waals surface area contributed by atoms with Crippen molar-refractivity contribution < 1.29 is 9.13 Å². The van der Waals surface area contributed by atoms with Crippen LogP contribution in [0.15, 0.2) is 35.9 Å². The van der Waals surface area contributed by atoms with Crippen molar-refractivity contribution in [3.05, 3.63) is 57.7 Å². The van der Waals surface area contributed by atoms with Crippen molar-refractivity contribution in [1.82, 2.24) is 15.1 Å². The maximum atomic E-state index is 15.3. The number of ether oxygens (including phenoxy) is 1. The molecule has 0 radical (unpaired) electrons. The van der Waals surface area contributed by atoms with Crippen molar-refractivity contribution >= 4 is 17.0 Å². The van der Waals surface area contributed by atoms with E-state index in [0.717, 1.165) is 76.7 Å². The van der Waals surface area contributed by atoms with Gasteiger partial charge in [-0.2, -0.15) is 5.10 Å². The van der Waals surface area contributed by atoms with Gasteiger partial charge in [-0.1, -0.05) is 17.9 Å². The average Bonchev–Trinajstić information content (AvgIpc) is 3.59. The van der Waals surface area contributed by atoms with E-state index in [1.807, 2.05) is 13.8 Å². The van der Waals surface area contributed by atoms with E-state index >= 15 is 4.39 Å². The van der Waals surface area contributed by atoms with E-state index in [1.54, 1.807) is 17.4 Å². The quantitative estimate of drug-likeness (QED) is 0.421. The van der Waals surface area contributed by atoms with Crippen molar-refractivity contribution in [1.29, 1.82) is 0 Å². The zero-order valence-electron chi connectivity index (χ0n) is 19.4. The number of aromatic nitrogens is 2. The number of halogens is 1. The summed E-state index contributed by atoms with van der Waals surface area (Å²) < 4.78 is 20.8. The van der Waals surface area contributed by atoms with Crippen LogP contribution in [0, 0.1) is 17.7 Å². The molecule has 0 bridgehead atoms. The van der Waals surface area contributed by atoms with E-state index < -0.39 is 0 Å². The van der Waals surface area contributed by atoms with Crippen LogP contribution in [-0.2, 0) is 11.2 Å². The molecule has 1 aromatic carbocycles. The average molecular weight is 475 g/mol. The Bertz CT molecular complexity index is 1330. The van der Waals surface area contributed by atoms with Crippen molar-refractivity contribution in [2.75, 3.05) is 31.1 Å². The van der Waals surface area contributed by atoms with Crippen LogP contribution in [0.2, 0.25) is 0 Å². The fourth-order valence-corrected chi connectivity index (χ4v) is 5.88. The largest absolute Gasteiger partial charge is 0.371 e. The highest BCUT2D eigenvalue weighted by Crippen LogP contribution is 2.43. The van der Waals surface area contributed by atoms with E-state index in [-0.39, 0.29) is 11.9 Å². The van der Waals surface area contributed by atoms with Crippen LogP contribution in [0.25, 0.3) is 22.5 Å². The zero-order valence-corrected chi connectivity index (χ0v) is 20.2. The molecule has 1 unspecified atom stereocenters. The molecule has 2 aliphatic heterocycles. The molecule has 0 saturated carbocycles. The number of nitrogens with one attached hydrogen (secondary N) is 1. The molecule has 34 heavy (non-hydrogen) atoms. The molecule has 0 amide bonds. The van der Waals surface area contributed by atoms with Crippen LogP contribution in [0.3, 0.4) is 0 Å². The molecule has 1 aliphatic carbocycles. The number of benzene rings is 1. The van der Waals surface area contributed by atoms with Gasteiger partial charge in [0.15, 0.2) is 0 Å². The molecule has 1 fully saturated rings. The van der Waals surface area contributed by atoms with Gasteiger partial charge in [-0.3, -0.25) is 5.10 Å². The van der Waals surface area contributed by atoms with Gasteiger partial charge in [-0.25, -0.2) is 4.39 Å². The van der Waals surface area contributed by atoms with Gasteiger partial charge in [-0.05, 0) is 50.2 Å². The van der Waals surface area contributed by atoms with Gasteiger partial charge in [0.2, 0.25) is 0 Å². The van der Waals surface area contributed by atoms with Gasteiger partial charge in [0.1, 0.15) is 12.4 Å². The fraction of sp³-hybridized carbons (Fsp3) is 0.370. The molecule has 2 aromatic heterocycles. The minimum absolute atomic E-state index is 0.154. The molecule has 7 heteroatoms. The maximum absolute atomic E-state index is 15.3. The summed E-state index contributed by atoms with van der Waals surface area (Å²) in [4.78, 5) is 5.58. The molecule has 5 nitrogen and oxygen atoms in total. The van der Waals surface area contributed by atoms with Crippen molar-refractivity contribution in [2.45, 2.75) is 38.8 Å². The van der Waals surface area contributed by atoms with E-state index in [9.17, 15) is 0 Å². The van der Waals surface area contributed by atoms with Gasteiger partial charge in [0.05, 0.1) is 28.1 Å². The van der Waals surface area contributed by atoms with Crippen LogP contribution >= 0.6 is 11.3 Å². The second kappa shape index (κ2) is 8.61. The first kappa shape index (κ1) is 21.5. The Morgan fingerprint density at radius 3 is 3.09 bits per heavy atom. The topological polar surface area (TPSA) is 44.4 Å². The molecule has 4 heterocycles. The summed E-state index contributed by atoms with van der Waals surface area (Å²) in [5, 5.41) is 9.85. The van der Waals surface area contributed by atoms with Crippen molar-refractivity contribution in [2.24, 2.45) is 0 Å². The summed E-state index contributed by atoms with van der Waals surface area (Å²) in [5.41, 5.74) is 6.87. The molecule has 6 rings (SSSR count). The molecule has 1 saturated heterocycles. The van der Waals surface area contributed by atoms with E-state index in [1.165, 1.54) is 0 Å². The predicted molar refractivity (Wildman–Crippen MR) is 135 cm³/mol. The summed E-state index contributed by atoms with van der Waals surface area (Å²) >= 11 is 1.61. The van der Waals surface area contributed by atoms with Gasteiger partial charge in [-0.15, -0.1) is 11.3 Å². The van der Waals surface area contributed by atoms with Gasteiger partial charge in [0.25, 0.3) is 0 Å². The normalized spacial score (nSPS) is 18.2. The Labute approximate surface area is 203 Å². The standard InChI is InChI=1S/C27H27FN4OS/c1-17(2)33-10-4-6-21-11-19(16-34-21)26-23-12-18-13-25(24(28)14-22(18)27(23)30-29-26)32-9-8-31-7-3-5-20(31)15-32/h3,7,11,13-14,16-17,20H,5,8-10,12,15H2,1-2H3,(H,29,30). The number of piperazine rings is 1. The molecule has 174 valence electrons. The monoisotopic (exact) mass is 474 g/mol. The molecule has 0 spiro atoms. The smallest absolute Gasteiger partial charge is 0.147 e.